The molecule has 0 bridgehead atoms. The minimum absolute atomic E-state index is 0.0556. The van der Waals surface area contributed by atoms with Crippen LogP contribution in [0.3, 0.4) is 0 Å². The average Bonchev–Trinajstić information content (AvgIpc) is 2.79. The van der Waals surface area contributed by atoms with Crippen LogP contribution in [0.15, 0.2) is 41.3 Å². The molecule has 1 heterocycles. The summed E-state index contributed by atoms with van der Waals surface area (Å²) in [6.45, 7) is 4.02. The number of alkyl halides is 3. The third kappa shape index (κ3) is 5.67. The van der Waals surface area contributed by atoms with E-state index in [-0.39, 0.29) is 53.2 Å². The smallest absolute Gasteiger partial charge is 0.418 e. The van der Waals surface area contributed by atoms with E-state index in [9.17, 15) is 26.4 Å². The number of methoxy groups -OCH3 is 1. The maximum absolute atomic E-state index is 13.3. The van der Waals surface area contributed by atoms with E-state index in [4.69, 9.17) is 16.3 Å². The Morgan fingerprint density at radius 1 is 1.15 bits per heavy atom. The summed E-state index contributed by atoms with van der Waals surface area (Å²) >= 11 is 5.68. The van der Waals surface area contributed by atoms with Crippen molar-refractivity contribution in [3.8, 4) is 5.75 Å². The number of anilines is 1. The molecule has 2 aromatic carbocycles. The van der Waals surface area contributed by atoms with Gasteiger partial charge in [0.25, 0.3) is 0 Å². The second-order valence-corrected chi connectivity index (χ2v) is 10.8. The van der Waals surface area contributed by atoms with Crippen LogP contribution in [-0.4, -0.2) is 38.8 Å². The topological polar surface area (TPSA) is 75.7 Å². The molecule has 6 nitrogen and oxygen atoms in total. The highest BCUT2D eigenvalue weighted by atomic mass is 35.5. The van der Waals surface area contributed by atoms with Crippen molar-refractivity contribution in [2.24, 2.45) is 5.92 Å². The van der Waals surface area contributed by atoms with Crippen molar-refractivity contribution < 1.29 is 31.1 Å². The Hall–Kier alpha value is -2.30. The number of sulfonamides is 1. The Balaban J connectivity index is 1.74. The lowest BCUT2D eigenvalue weighted by atomic mass is 9.97. The summed E-state index contributed by atoms with van der Waals surface area (Å²) in [7, 11) is -2.49. The largest absolute Gasteiger partial charge is 0.495 e. The highest BCUT2D eigenvalue weighted by Gasteiger charge is 2.37. The van der Waals surface area contributed by atoms with Crippen molar-refractivity contribution in [1.29, 1.82) is 0 Å². The number of hydrogen-bond donors (Lipinski definition) is 1. The maximum Gasteiger partial charge on any atom is 0.418 e. The van der Waals surface area contributed by atoms with Crippen LogP contribution in [0.2, 0.25) is 5.02 Å². The van der Waals surface area contributed by atoms with Gasteiger partial charge in [-0.2, -0.15) is 17.5 Å². The number of ether oxygens (including phenoxy) is 1. The van der Waals surface area contributed by atoms with Gasteiger partial charge in [-0.15, -0.1) is 0 Å². The van der Waals surface area contributed by atoms with E-state index in [0.29, 0.717) is 0 Å². The molecule has 0 radical (unpaired) electrons. The molecular formula is C23H26ClF3N2O4S. The van der Waals surface area contributed by atoms with Crippen LogP contribution >= 0.6 is 11.6 Å². The fourth-order valence-electron chi connectivity index (χ4n) is 3.85. The zero-order valence-electron chi connectivity index (χ0n) is 18.9. The van der Waals surface area contributed by atoms with E-state index in [0.717, 1.165) is 17.7 Å². The van der Waals surface area contributed by atoms with Gasteiger partial charge in [0.2, 0.25) is 15.9 Å². The summed E-state index contributed by atoms with van der Waals surface area (Å²) in [6, 6.07) is 8.15. The highest BCUT2D eigenvalue weighted by molar-refractivity contribution is 7.89. The molecule has 1 N–H and O–H groups in total. The highest BCUT2D eigenvalue weighted by Crippen LogP contribution is 2.37. The van der Waals surface area contributed by atoms with Crippen LogP contribution in [0.4, 0.5) is 18.9 Å². The van der Waals surface area contributed by atoms with E-state index in [1.807, 2.05) is 19.9 Å². The first-order valence-electron chi connectivity index (χ1n) is 10.7. The number of piperidine rings is 1. The fourth-order valence-corrected chi connectivity index (χ4v) is 5.68. The first kappa shape index (κ1) is 26.3. The third-order valence-electron chi connectivity index (χ3n) is 5.84. The Bertz CT molecular complexity index is 1160. The molecule has 1 aliphatic rings. The number of carbonyl (C=O) groups is 1. The quantitative estimate of drug-likeness (QED) is 0.545. The molecule has 0 aromatic heterocycles. The minimum atomic E-state index is -4.69. The van der Waals surface area contributed by atoms with E-state index in [2.05, 4.69) is 5.32 Å². The zero-order valence-corrected chi connectivity index (χ0v) is 20.5. The van der Waals surface area contributed by atoms with Gasteiger partial charge in [-0.25, -0.2) is 8.42 Å². The van der Waals surface area contributed by atoms with Crippen molar-refractivity contribution in [3.63, 3.8) is 0 Å². The van der Waals surface area contributed by atoms with E-state index in [1.165, 1.54) is 17.5 Å². The van der Waals surface area contributed by atoms with Gasteiger partial charge in [-0.05, 0) is 54.7 Å². The number of rotatable bonds is 6. The molecule has 0 atom stereocenters. The molecule has 1 amide bonds. The molecule has 0 spiro atoms. The normalized spacial score (nSPS) is 16.0. The second kappa shape index (κ2) is 10.1. The van der Waals surface area contributed by atoms with E-state index in [1.54, 1.807) is 12.1 Å². The molecule has 186 valence electrons. The molecule has 0 saturated carbocycles. The van der Waals surface area contributed by atoms with Crippen LogP contribution in [0, 0.1) is 5.92 Å². The van der Waals surface area contributed by atoms with Crippen LogP contribution in [0.25, 0.3) is 0 Å². The lowest BCUT2D eigenvalue weighted by molar-refractivity contribution is -0.137. The number of benzene rings is 2. The predicted octanol–water partition coefficient (Wildman–Crippen LogP) is 5.53. The molecule has 0 unspecified atom stereocenters. The molecule has 0 aliphatic carbocycles. The Morgan fingerprint density at radius 3 is 2.35 bits per heavy atom. The molecule has 1 saturated heterocycles. The van der Waals surface area contributed by atoms with Crippen molar-refractivity contribution in [2.45, 2.75) is 43.7 Å². The van der Waals surface area contributed by atoms with Crippen molar-refractivity contribution in [2.75, 3.05) is 25.5 Å². The monoisotopic (exact) mass is 518 g/mol. The van der Waals surface area contributed by atoms with Crippen molar-refractivity contribution in [1.82, 2.24) is 4.31 Å². The number of hydrogen-bond acceptors (Lipinski definition) is 4. The lowest BCUT2D eigenvalue weighted by Gasteiger charge is -2.31. The summed E-state index contributed by atoms with van der Waals surface area (Å²) < 4.78 is 73.1. The van der Waals surface area contributed by atoms with Gasteiger partial charge in [0.05, 0.1) is 18.4 Å². The van der Waals surface area contributed by atoms with E-state index >= 15 is 0 Å². The fraction of sp³-hybridized carbons (Fsp3) is 0.435. The van der Waals surface area contributed by atoms with Gasteiger partial charge < -0.3 is 10.1 Å². The van der Waals surface area contributed by atoms with Crippen LogP contribution < -0.4 is 10.1 Å². The van der Waals surface area contributed by atoms with Crippen molar-refractivity contribution >= 4 is 33.2 Å². The van der Waals surface area contributed by atoms with Gasteiger partial charge in [-0.1, -0.05) is 31.5 Å². The third-order valence-corrected chi connectivity index (χ3v) is 8.00. The van der Waals surface area contributed by atoms with Gasteiger partial charge >= 0.3 is 6.18 Å². The van der Waals surface area contributed by atoms with Crippen LogP contribution in [0.1, 0.15) is 43.7 Å². The van der Waals surface area contributed by atoms with Crippen molar-refractivity contribution in [3.05, 3.63) is 52.5 Å². The molecule has 3 rings (SSSR count). The second-order valence-electron chi connectivity index (χ2n) is 8.42. The van der Waals surface area contributed by atoms with Crippen LogP contribution in [0.5, 0.6) is 5.75 Å². The van der Waals surface area contributed by atoms with Gasteiger partial charge in [0.1, 0.15) is 10.6 Å². The Morgan fingerprint density at radius 2 is 1.79 bits per heavy atom. The molecule has 11 heteroatoms. The minimum Gasteiger partial charge on any atom is -0.495 e. The average molecular weight is 519 g/mol. The first-order valence-corrected chi connectivity index (χ1v) is 12.5. The number of nitrogens with zero attached hydrogens (tertiary/aromatic N) is 1. The zero-order chi connectivity index (χ0) is 25.3. The van der Waals surface area contributed by atoms with Crippen LogP contribution in [-0.2, 0) is 21.0 Å². The molecule has 1 fully saturated rings. The standard InChI is InChI=1S/C23H26ClF3N2O4S/c1-14(2)16-4-7-20(33-3)21(12-16)34(31,32)29-10-8-15(9-11-29)22(30)28-19-6-5-17(24)13-18(19)23(25,26)27/h4-7,12-15H,8-11H2,1-3H3,(H,28,30). The molecule has 1 aliphatic heterocycles. The van der Waals surface area contributed by atoms with Gasteiger partial charge in [-0.3, -0.25) is 4.79 Å². The molecule has 34 heavy (non-hydrogen) atoms. The Labute approximate surface area is 202 Å². The SMILES string of the molecule is COc1ccc(C(C)C)cc1S(=O)(=O)N1CCC(C(=O)Nc2ccc(Cl)cc2C(F)(F)F)CC1. The number of amides is 1. The van der Waals surface area contributed by atoms with Gasteiger partial charge in [0, 0.05) is 24.0 Å². The van der Waals surface area contributed by atoms with Gasteiger partial charge in [0.15, 0.2) is 0 Å². The summed E-state index contributed by atoms with van der Waals surface area (Å²) in [4.78, 5) is 12.7. The predicted molar refractivity (Wildman–Crippen MR) is 124 cm³/mol. The summed E-state index contributed by atoms with van der Waals surface area (Å²) in [6.07, 6.45) is -4.34. The number of halogens is 4. The number of nitrogens with one attached hydrogen (secondary N) is 1. The summed E-state index contributed by atoms with van der Waals surface area (Å²) in [5, 5.41) is 2.24. The summed E-state index contributed by atoms with van der Waals surface area (Å²) in [5.74, 6) is -0.883. The van der Waals surface area contributed by atoms with E-state index < -0.39 is 33.6 Å². The maximum atomic E-state index is 13.3. The molecule has 2 aromatic rings. The molecular weight excluding hydrogens is 493 g/mol. The lowest BCUT2D eigenvalue weighted by Crippen LogP contribution is -2.41. The number of carbonyl (C=O) groups excluding carboxylic acids is 1. The first-order chi connectivity index (χ1) is 15.8. The Kier molecular flexibility index (Phi) is 7.84. The summed E-state index contributed by atoms with van der Waals surface area (Å²) in [5.41, 5.74) is -0.574.